The summed E-state index contributed by atoms with van der Waals surface area (Å²) in [5, 5.41) is 5.07. The summed E-state index contributed by atoms with van der Waals surface area (Å²) in [6.07, 6.45) is 2.13. The van der Waals surface area contributed by atoms with Crippen molar-refractivity contribution in [3.8, 4) is 0 Å². The molecule has 1 aromatic heterocycles. The molecule has 0 aromatic carbocycles. The molecule has 2 amide bonds. The third-order valence-corrected chi connectivity index (χ3v) is 3.07. The van der Waals surface area contributed by atoms with Crippen LogP contribution in [0.25, 0.3) is 0 Å². The molecule has 1 aromatic rings. The molecule has 0 aliphatic carbocycles. The topological polar surface area (TPSA) is 71.1 Å². The number of aromatic nitrogens is 1. The monoisotopic (exact) mass is 265 g/mol. The van der Waals surface area contributed by atoms with Crippen LogP contribution in [0.15, 0.2) is 12.3 Å². The smallest absolute Gasteiger partial charge is 0.249 e. The van der Waals surface area contributed by atoms with E-state index >= 15 is 0 Å². The summed E-state index contributed by atoms with van der Waals surface area (Å²) in [4.78, 5) is 26.7. The molecule has 1 fully saturated rings. The van der Waals surface area contributed by atoms with E-state index in [-0.39, 0.29) is 24.1 Å². The number of anilines is 1. The highest BCUT2D eigenvalue weighted by atomic mass is 19.1. The van der Waals surface area contributed by atoms with Crippen LogP contribution in [-0.2, 0) is 9.59 Å². The molecule has 1 atom stereocenters. The third-order valence-electron chi connectivity index (χ3n) is 3.07. The molecular weight excluding hydrogens is 249 g/mol. The molecule has 0 saturated carbocycles. The first-order valence-corrected chi connectivity index (χ1v) is 6.23. The number of nitrogens with zero attached hydrogens (tertiary/aromatic N) is 1. The Hall–Kier alpha value is -1.98. The van der Waals surface area contributed by atoms with Crippen molar-refractivity contribution >= 4 is 17.6 Å². The van der Waals surface area contributed by atoms with Gasteiger partial charge in [0.25, 0.3) is 0 Å². The van der Waals surface area contributed by atoms with E-state index in [1.165, 1.54) is 12.3 Å². The minimum Gasteiger partial charge on any atom is -0.358 e. The van der Waals surface area contributed by atoms with E-state index in [1.54, 1.807) is 0 Å². The van der Waals surface area contributed by atoms with E-state index in [4.69, 9.17) is 0 Å². The summed E-state index contributed by atoms with van der Waals surface area (Å²) in [6.45, 7) is 3.76. The fraction of sp³-hybridized carbons (Fsp3) is 0.462. The highest BCUT2D eigenvalue weighted by molar-refractivity contribution is 6.01. The van der Waals surface area contributed by atoms with Crippen LogP contribution < -0.4 is 10.6 Å². The lowest BCUT2D eigenvalue weighted by Crippen LogP contribution is -2.47. The highest BCUT2D eigenvalue weighted by Crippen LogP contribution is 2.20. The van der Waals surface area contributed by atoms with Crippen molar-refractivity contribution in [3.05, 3.63) is 23.6 Å². The lowest BCUT2D eigenvalue weighted by Gasteiger charge is -2.22. The van der Waals surface area contributed by atoms with Gasteiger partial charge in [-0.3, -0.25) is 14.9 Å². The lowest BCUT2D eigenvalue weighted by atomic mass is 10.0. The van der Waals surface area contributed by atoms with E-state index < -0.39 is 11.9 Å². The van der Waals surface area contributed by atoms with E-state index in [0.29, 0.717) is 17.8 Å². The van der Waals surface area contributed by atoms with Crippen LogP contribution in [0.4, 0.5) is 10.2 Å². The minimum atomic E-state index is -0.547. The number of hydrogen-bond donors (Lipinski definition) is 2. The average Bonchev–Trinajstić information content (AvgIpc) is 2.32. The van der Waals surface area contributed by atoms with Crippen LogP contribution in [0.5, 0.6) is 0 Å². The Labute approximate surface area is 110 Å². The van der Waals surface area contributed by atoms with E-state index in [9.17, 15) is 14.0 Å². The zero-order chi connectivity index (χ0) is 14.0. The van der Waals surface area contributed by atoms with Gasteiger partial charge >= 0.3 is 0 Å². The number of carbonyl (C=O) groups excluding carboxylic acids is 2. The van der Waals surface area contributed by atoms with Crippen molar-refractivity contribution in [2.24, 2.45) is 0 Å². The second-order valence-electron chi connectivity index (χ2n) is 4.89. The quantitative estimate of drug-likeness (QED) is 0.814. The Morgan fingerprint density at radius 1 is 1.47 bits per heavy atom. The molecule has 0 bridgehead atoms. The molecular formula is C13H16FN3O2. The molecule has 102 valence electrons. The second kappa shape index (κ2) is 5.34. The summed E-state index contributed by atoms with van der Waals surface area (Å²) in [5.74, 6) is -0.669. The molecule has 1 saturated heterocycles. The minimum absolute atomic E-state index is 0.0529. The second-order valence-corrected chi connectivity index (χ2v) is 4.89. The van der Waals surface area contributed by atoms with Gasteiger partial charge in [0.2, 0.25) is 11.8 Å². The first kappa shape index (κ1) is 13.5. The predicted molar refractivity (Wildman–Crippen MR) is 68.1 cm³/mol. The first-order valence-electron chi connectivity index (χ1n) is 6.23. The fourth-order valence-electron chi connectivity index (χ4n) is 1.95. The molecule has 5 nitrogen and oxygen atoms in total. The van der Waals surface area contributed by atoms with Crippen LogP contribution in [0, 0.1) is 5.82 Å². The van der Waals surface area contributed by atoms with Crippen molar-refractivity contribution < 1.29 is 14.0 Å². The Balaban J connectivity index is 2.09. The zero-order valence-electron chi connectivity index (χ0n) is 10.9. The van der Waals surface area contributed by atoms with Gasteiger partial charge < -0.3 is 5.32 Å². The largest absolute Gasteiger partial charge is 0.358 e. The van der Waals surface area contributed by atoms with Gasteiger partial charge in [0.05, 0.1) is 0 Å². The Morgan fingerprint density at radius 3 is 2.79 bits per heavy atom. The average molecular weight is 265 g/mol. The number of rotatable bonds is 3. The highest BCUT2D eigenvalue weighted by Gasteiger charge is 2.26. The van der Waals surface area contributed by atoms with E-state index in [1.807, 2.05) is 13.8 Å². The summed E-state index contributed by atoms with van der Waals surface area (Å²) in [6, 6.07) is 0.730. The number of halogens is 1. The maximum absolute atomic E-state index is 13.8. The normalized spacial score (nSPS) is 19.5. The third kappa shape index (κ3) is 3.07. The van der Waals surface area contributed by atoms with Gasteiger partial charge in [0, 0.05) is 24.2 Å². The van der Waals surface area contributed by atoms with Crippen molar-refractivity contribution in [2.75, 3.05) is 5.32 Å². The number of hydrogen-bond acceptors (Lipinski definition) is 4. The summed E-state index contributed by atoms with van der Waals surface area (Å²) >= 11 is 0. The number of carbonyl (C=O) groups is 2. The van der Waals surface area contributed by atoms with Crippen molar-refractivity contribution in [3.63, 3.8) is 0 Å². The number of imide groups is 1. The molecule has 0 radical (unpaired) electrons. The maximum Gasteiger partial charge on any atom is 0.249 e. The fourth-order valence-corrected chi connectivity index (χ4v) is 1.95. The van der Waals surface area contributed by atoms with Crippen molar-refractivity contribution in [2.45, 2.75) is 38.6 Å². The predicted octanol–water partition coefficient (Wildman–Crippen LogP) is 1.56. The maximum atomic E-state index is 13.8. The van der Waals surface area contributed by atoms with Crippen molar-refractivity contribution in [1.29, 1.82) is 0 Å². The standard InChI is InChI=1S/C13H16FN3O2/c1-7(2)8-6-15-11(5-9(8)14)16-10-3-4-12(18)17-13(10)19/h5-7,10H,3-4H2,1-2H3,(H,15,16)(H,17,18,19). The van der Waals surface area contributed by atoms with Gasteiger partial charge in [0.15, 0.2) is 0 Å². The Morgan fingerprint density at radius 2 is 2.21 bits per heavy atom. The molecule has 1 aliphatic rings. The van der Waals surface area contributed by atoms with Crippen LogP contribution in [0.3, 0.4) is 0 Å². The number of amides is 2. The van der Waals surface area contributed by atoms with Crippen LogP contribution in [-0.4, -0.2) is 22.8 Å². The van der Waals surface area contributed by atoms with Crippen LogP contribution >= 0.6 is 0 Å². The van der Waals surface area contributed by atoms with Gasteiger partial charge in [-0.25, -0.2) is 9.37 Å². The summed E-state index contributed by atoms with van der Waals surface area (Å²) in [5.41, 5.74) is 0.536. The SMILES string of the molecule is CC(C)c1cnc(NC2CCC(=O)NC2=O)cc1F. The number of nitrogens with one attached hydrogen (secondary N) is 2. The van der Waals surface area contributed by atoms with Crippen LogP contribution in [0.1, 0.15) is 38.2 Å². The number of piperidine rings is 1. The number of pyridine rings is 1. The van der Waals surface area contributed by atoms with Gasteiger partial charge in [-0.2, -0.15) is 0 Å². The van der Waals surface area contributed by atoms with Gasteiger partial charge in [-0.15, -0.1) is 0 Å². The van der Waals surface area contributed by atoms with Gasteiger partial charge in [0.1, 0.15) is 17.7 Å². The zero-order valence-corrected chi connectivity index (χ0v) is 10.9. The molecule has 19 heavy (non-hydrogen) atoms. The van der Waals surface area contributed by atoms with E-state index in [2.05, 4.69) is 15.6 Å². The molecule has 2 heterocycles. The van der Waals surface area contributed by atoms with Gasteiger partial charge in [-0.05, 0) is 12.3 Å². The molecule has 2 rings (SSSR count). The lowest BCUT2D eigenvalue weighted by molar-refractivity contribution is -0.133. The Kier molecular flexibility index (Phi) is 3.78. The van der Waals surface area contributed by atoms with Crippen LogP contribution in [0.2, 0.25) is 0 Å². The first-order chi connectivity index (χ1) is 8.97. The molecule has 2 N–H and O–H groups in total. The molecule has 1 unspecified atom stereocenters. The van der Waals surface area contributed by atoms with E-state index in [0.717, 1.165) is 0 Å². The summed E-state index contributed by atoms with van der Waals surface area (Å²) in [7, 11) is 0. The summed E-state index contributed by atoms with van der Waals surface area (Å²) < 4.78 is 13.8. The molecule has 0 spiro atoms. The van der Waals surface area contributed by atoms with Crippen molar-refractivity contribution in [1.82, 2.24) is 10.3 Å². The molecule has 1 aliphatic heterocycles. The Bertz CT molecular complexity index is 517. The van der Waals surface area contributed by atoms with Gasteiger partial charge in [-0.1, -0.05) is 13.8 Å². The molecule has 6 heteroatoms.